The van der Waals surface area contributed by atoms with Crippen LogP contribution in [-0.4, -0.2) is 35.9 Å². The highest BCUT2D eigenvalue weighted by Gasteiger charge is 2.47. The van der Waals surface area contributed by atoms with E-state index in [1.165, 1.54) is 25.3 Å². The zero-order valence-corrected chi connectivity index (χ0v) is 20.9. The van der Waals surface area contributed by atoms with Gasteiger partial charge in [-0.25, -0.2) is 4.79 Å². The smallest absolute Gasteiger partial charge is 0.337 e. The highest BCUT2D eigenvalue weighted by molar-refractivity contribution is 6.12. The van der Waals surface area contributed by atoms with Crippen molar-refractivity contribution in [1.29, 1.82) is 0 Å². The van der Waals surface area contributed by atoms with E-state index in [4.69, 9.17) is 9.47 Å². The van der Waals surface area contributed by atoms with Gasteiger partial charge in [-0.05, 0) is 50.5 Å². The van der Waals surface area contributed by atoms with Gasteiger partial charge in [0.15, 0.2) is 5.78 Å². The summed E-state index contributed by atoms with van der Waals surface area (Å²) < 4.78 is 10.9. The zero-order valence-electron chi connectivity index (χ0n) is 20.9. The number of carbonyl (C=O) groups excluding carboxylic acids is 3. The quantitative estimate of drug-likeness (QED) is 0.208. The molecule has 0 bridgehead atoms. The molecule has 9 heteroatoms. The van der Waals surface area contributed by atoms with E-state index < -0.39 is 34.5 Å². The minimum Gasteiger partial charge on any atom is -0.468 e. The van der Waals surface area contributed by atoms with E-state index in [0.29, 0.717) is 23.4 Å². The summed E-state index contributed by atoms with van der Waals surface area (Å²) >= 11 is 0. The standard InChI is InChI=1S/C27H32N2O7/c1-15-13-20-24(25(30)21(15)26(31)35-3)23(17-9-8-10-18(14-17)29(33)34)22(16(2)28-20)27(32)36-19-11-6-4-5-7-12-19/h8-10,14-15,19,21,23,28H,4-7,11-13H2,1-3H3/t15-,21-,23-/m0/s1. The minimum absolute atomic E-state index is 0.150. The predicted octanol–water partition coefficient (Wildman–Crippen LogP) is 4.47. The Kier molecular flexibility index (Phi) is 7.56. The summed E-state index contributed by atoms with van der Waals surface area (Å²) in [6.07, 6.45) is 5.91. The van der Waals surface area contributed by atoms with E-state index in [2.05, 4.69) is 5.32 Å². The second-order valence-corrected chi connectivity index (χ2v) is 9.91. The molecule has 0 unspecified atom stereocenters. The first-order valence-corrected chi connectivity index (χ1v) is 12.5. The zero-order chi connectivity index (χ0) is 26.0. The first kappa shape index (κ1) is 25.6. The Bertz CT molecular complexity index is 1140. The van der Waals surface area contributed by atoms with E-state index >= 15 is 0 Å². The van der Waals surface area contributed by atoms with Crippen molar-refractivity contribution in [3.63, 3.8) is 0 Å². The summed E-state index contributed by atoms with van der Waals surface area (Å²) in [6.45, 7) is 3.56. The maximum atomic E-state index is 13.8. The van der Waals surface area contributed by atoms with Crippen LogP contribution in [0.2, 0.25) is 0 Å². The summed E-state index contributed by atoms with van der Waals surface area (Å²) in [7, 11) is 1.24. The maximum Gasteiger partial charge on any atom is 0.337 e. The molecule has 0 saturated heterocycles. The largest absolute Gasteiger partial charge is 0.468 e. The molecule has 2 aliphatic carbocycles. The molecule has 3 aliphatic rings. The van der Waals surface area contributed by atoms with Gasteiger partial charge in [0.25, 0.3) is 5.69 Å². The van der Waals surface area contributed by atoms with Crippen LogP contribution >= 0.6 is 0 Å². The molecular weight excluding hydrogens is 464 g/mol. The van der Waals surface area contributed by atoms with E-state index in [9.17, 15) is 24.5 Å². The average Bonchev–Trinajstić information content (AvgIpc) is 3.11. The molecule has 4 rings (SSSR count). The number of hydrogen-bond acceptors (Lipinski definition) is 8. The number of benzene rings is 1. The van der Waals surface area contributed by atoms with Crippen molar-refractivity contribution < 1.29 is 28.8 Å². The lowest BCUT2D eigenvalue weighted by Crippen LogP contribution is -2.43. The number of ether oxygens (including phenoxy) is 2. The van der Waals surface area contributed by atoms with E-state index in [1.54, 1.807) is 13.0 Å². The van der Waals surface area contributed by atoms with Crippen molar-refractivity contribution in [2.75, 3.05) is 7.11 Å². The van der Waals surface area contributed by atoms with Crippen LogP contribution in [0.1, 0.15) is 70.3 Å². The first-order valence-electron chi connectivity index (χ1n) is 12.5. The van der Waals surface area contributed by atoms with Crippen molar-refractivity contribution in [2.24, 2.45) is 11.8 Å². The Hall–Kier alpha value is -3.49. The second kappa shape index (κ2) is 10.6. The summed E-state index contributed by atoms with van der Waals surface area (Å²) in [5.74, 6) is -3.84. The van der Waals surface area contributed by atoms with Crippen LogP contribution in [-0.2, 0) is 23.9 Å². The SMILES string of the molecule is COC(=O)[C@@H]1C(=O)C2=C(C[C@@H]1C)NC(C)=C(C(=O)OC1CCCCCC1)[C@@H]2c1cccc([N+](=O)[O-])c1. The van der Waals surface area contributed by atoms with Crippen LogP contribution in [0.5, 0.6) is 0 Å². The van der Waals surface area contributed by atoms with Gasteiger partial charge in [-0.1, -0.05) is 31.9 Å². The molecule has 3 atom stereocenters. The van der Waals surface area contributed by atoms with Crippen molar-refractivity contribution in [1.82, 2.24) is 5.32 Å². The van der Waals surface area contributed by atoms with Gasteiger partial charge in [-0.15, -0.1) is 0 Å². The van der Waals surface area contributed by atoms with E-state index in [-0.39, 0.29) is 28.9 Å². The molecule has 0 amide bonds. The number of non-ortho nitro benzene ring substituents is 1. The number of carbonyl (C=O) groups is 3. The minimum atomic E-state index is -1.02. The van der Waals surface area contributed by atoms with E-state index in [1.807, 2.05) is 6.92 Å². The third kappa shape index (κ3) is 4.92. The Balaban J connectivity index is 1.80. The van der Waals surface area contributed by atoms with Gasteiger partial charge in [-0.3, -0.25) is 19.7 Å². The van der Waals surface area contributed by atoms with Crippen LogP contribution < -0.4 is 5.32 Å². The second-order valence-electron chi connectivity index (χ2n) is 9.91. The van der Waals surface area contributed by atoms with Crippen molar-refractivity contribution >= 4 is 23.4 Å². The van der Waals surface area contributed by atoms with Gasteiger partial charge in [-0.2, -0.15) is 0 Å². The summed E-state index contributed by atoms with van der Waals surface area (Å²) in [4.78, 5) is 51.0. The predicted molar refractivity (Wildman–Crippen MR) is 131 cm³/mol. The maximum absolute atomic E-state index is 13.8. The van der Waals surface area contributed by atoms with Crippen LogP contribution in [0.3, 0.4) is 0 Å². The molecule has 1 N–H and O–H groups in total. The van der Waals surface area contributed by atoms with Crippen molar-refractivity contribution in [3.05, 3.63) is 62.5 Å². The summed E-state index contributed by atoms with van der Waals surface area (Å²) in [6, 6.07) is 5.94. The summed E-state index contributed by atoms with van der Waals surface area (Å²) in [5.41, 5.74) is 1.95. The number of esters is 2. The van der Waals surface area contributed by atoms with Gasteiger partial charge in [0.05, 0.1) is 17.6 Å². The van der Waals surface area contributed by atoms with E-state index in [0.717, 1.165) is 38.5 Å². The lowest BCUT2D eigenvalue weighted by Gasteiger charge is -2.38. The Labute approximate surface area is 210 Å². The number of nitro benzene ring substituents is 1. The van der Waals surface area contributed by atoms with Gasteiger partial charge in [0.1, 0.15) is 12.0 Å². The average molecular weight is 497 g/mol. The fourth-order valence-corrected chi connectivity index (χ4v) is 5.68. The molecule has 1 aromatic rings. The molecule has 1 fully saturated rings. The molecule has 1 saturated carbocycles. The lowest BCUT2D eigenvalue weighted by atomic mass is 9.69. The number of nitrogens with one attached hydrogen (secondary N) is 1. The van der Waals surface area contributed by atoms with Crippen LogP contribution in [0.15, 0.2) is 46.8 Å². The van der Waals surface area contributed by atoms with Gasteiger partial charge in [0, 0.05) is 35.0 Å². The lowest BCUT2D eigenvalue weighted by molar-refractivity contribution is -0.384. The molecule has 1 heterocycles. The number of methoxy groups -OCH3 is 1. The number of allylic oxidation sites excluding steroid dienone is 3. The number of Topliss-reactive ketones (excluding diaryl/α,β-unsaturated/α-hetero) is 1. The van der Waals surface area contributed by atoms with Crippen LogP contribution in [0.25, 0.3) is 0 Å². The van der Waals surface area contributed by atoms with Crippen molar-refractivity contribution in [2.45, 2.75) is 70.8 Å². The van der Waals surface area contributed by atoms with Crippen LogP contribution in [0.4, 0.5) is 5.69 Å². The number of nitrogens with zero attached hydrogens (tertiary/aromatic N) is 1. The molecule has 9 nitrogen and oxygen atoms in total. The first-order chi connectivity index (χ1) is 17.2. The number of hydrogen-bond donors (Lipinski definition) is 1. The third-order valence-electron chi connectivity index (χ3n) is 7.45. The highest BCUT2D eigenvalue weighted by atomic mass is 16.6. The highest BCUT2D eigenvalue weighted by Crippen LogP contribution is 2.46. The monoisotopic (exact) mass is 496 g/mol. The normalized spacial score (nSPS) is 25.0. The number of nitro groups is 1. The Morgan fingerprint density at radius 2 is 1.83 bits per heavy atom. The van der Waals surface area contributed by atoms with Crippen molar-refractivity contribution in [3.8, 4) is 0 Å². The molecule has 1 aromatic carbocycles. The Morgan fingerprint density at radius 3 is 2.47 bits per heavy atom. The van der Waals surface area contributed by atoms with Gasteiger partial charge in [0.2, 0.25) is 0 Å². The molecule has 1 aliphatic heterocycles. The number of ketones is 1. The summed E-state index contributed by atoms with van der Waals surface area (Å²) in [5, 5.41) is 14.8. The molecule has 0 aromatic heterocycles. The molecule has 0 spiro atoms. The molecular formula is C27H32N2O7. The number of dihydropyridines is 1. The molecule has 36 heavy (non-hydrogen) atoms. The Morgan fingerprint density at radius 1 is 1.14 bits per heavy atom. The topological polar surface area (TPSA) is 125 Å². The van der Waals surface area contributed by atoms with Gasteiger partial charge < -0.3 is 14.8 Å². The molecule has 0 radical (unpaired) electrons. The fraction of sp³-hybridized carbons (Fsp3) is 0.519. The number of rotatable bonds is 5. The third-order valence-corrected chi connectivity index (χ3v) is 7.45. The fourth-order valence-electron chi connectivity index (χ4n) is 5.68. The molecule has 192 valence electrons. The van der Waals surface area contributed by atoms with Crippen LogP contribution in [0, 0.1) is 22.0 Å². The van der Waals surface area contributed by atoms with Gasteiger partial charge >= 0.3 is 11.9 Å².